The van der Waals surface area contributed by atoms with Gasteiger partial charge in [-0.05, 0) is 0 Å². The van der Waals surface area contributed by atoms with Crippen LogP contribution in [-0.4, -0.2) is 22.2 Å². The van der Waals surface area contributed by atoms with E-state index in [1.54, 1.807) is 0 Å². The highest BCUT2D eigenvalue weighted by atomic mass is 31.0. The van der Waals surface area contributed by atoms with Crippen LogP contribution in [0.5, 0.6) is 0 Å². The molecule has 0 heterocycles. The highest BCUT2D eigenvalue weighted by Crippen LogP contribution is 1.70. The topological polar surface area (TPSA) is 74.6 Å². The average Bonchev–Trinajstić information content (AvgIpc) is 1.85. The Kier molecular flexibility index (Phi) is 18.4. The molecule has 0 spiro atoms. The zero-order chi connectivity index (χ0) is 9.28. The first kappa shape index (κ1) is 17.3. The van der Waals surface area contributed by atoms with Gasteiger partial charge in [-0.3, -0.25) is 0 Å². The van der Waals surface area contributed by atoms with Crippen molar-refractivity contribution in [3.63, 3.8) is 0 Å². The fourth-order valence-corrected chi connectivity index (χ4v) is 0.143. The van der Waals surface area contributed by atoms with Crippen LogP contribution in [0.3, 0.4) is 0 Å². The molecule has 0 saturated heterocycles. The quantitative estimate of drug-likeness (QED) is 0.511. The van der Waals surface area contributed by atoms with E-state index in [4.69, 9.17) is 10.2 Å². The van der Waals surface area contributed by atoms with Crippen LogP contribution in [0, 0.1) is 0 Å². The van der Waals surface area contributed by atoms with E-state index in [9.17, 15) is 9.59 Å². The maximum absolute atomic E-state index is 9.55. The van der Waals surface area contributed by atoms with Crippen LogP contribution in [0.4, 0.5) is 0 Å². The van der Waals surface area contributed by atoms with Crippen molar-refractivity contribution in [2.24, 2.45) is 0 Å². The van der Waals surface area contributed by atoms with Gasteiger partial charge in [-0.1, -0.05) is 20.3 Å². The van der Waals surface area contributed by atoms with E-state index in [1.165, 1.54) is 6.42 Å². The molecule has 0 aromatic rings. The molecule has 1 atom stereocenters. The van der Waals surface area contributed by atoms with E-state index in [-0.39, 0.29) is 9.90 Å². The largest absolute Gasteiger partial charge is 0.478 e. The van der Waals surface area contributed by atoms with Crippen molar-refractivity contribution in [3.05, 3.63) is 12.2 Å². The summed E-state index contributed by atoms with van der Waals surface area (Å²) in [6.07, 6.45) is 2.37. The summed E-state index contributed by atoms with van der Waals surface area (Å²) >= 11 is 0. The molecule has 1 unspecified atom stereocenters. The van der Waals surface area contributed by atoms with Crippen LogP contribution >= 0.6 is 9.90 Å². The van der Waals surface area contributed by atoms with Crippen LogP contribution in [0.1, 0.15) is 20.3 Å². The summed E-state index contributed by atoms with van der Waals surface area (Å²) in [6, 6.07) is 0. The highest BCUT2D eigenvalue weighted by Gasteiger charge is 1.88. The number of carbonyl (C=O) groups is 2. The lowest BCUT2D eigenvalue weighted by atomic mass is 10.5. The van der Waals surface area contributed by atoms with Gasteiger partial charge in [0, 0.05) is 12.2 Å². The number of aliphatic carboxylic acids is 2. The summed E-state index contributed by atoms with van der Waals surface area (Å²) in [5.74, 6) is -2.51. The smallest absolute Gasteiger partial charge is 0.328 e. The second-order valence-electron chi connectivity index (χ2n) is 1.72. The van der Waals surface area contributed by atoms with Crippen LogP contribution < -0.4 is 0 Å². The van der Waals surface area contributed by atoms with Gasteiger partial charge in [0.15, 0.2) is 0 Å². The second kappa shape index (κ2) is 12.8. The molecule has 0 bridgehead atoms. The highest BCUT2D eigenvalue weighted by molar-refractivity contribution is 6.92. The molecule has 0 radical (unpaired) electrons. The van der Waals surface area contributed by atoms with Crippen molar-refractivity contribution >= 4 is 21.8 Å². The van der Waals surface area contributed by atoms with Crippen molar-refractivity contribution in [1.82, 2.24) is 0 Å². The molecule has 0 aromatic carbocycles. The molecule has 72 valence electrons. The molecule has 2 N–H and O–H groups in total. The maximum atomic E-state index is 9.55. The molecule has 4 nitrogen and oxygen atoms in total. The fraction of sp³-hybridized carbons (Fsp3) is 0.429. The molecule has 0 rings (SSSR count). The van der Waals surface area contributed by atoms with Gasteiger partial charge in [-0.15, -0.1) is 0 Å². The van der Waals surface area contributed by atoms with Gasteiger partial charge < -0.3 is 10.2 Å². The molecule has 5 heteroatoms. The van der Waals surface area contributed by atoms with Crippen molar-refractivity contribution < 1.29 is 19.8 Å². The molecule has 0 aliphatic rings. The van der Waals surface area contributed by atoms with E-state index < -0.39 is 11.9 Å². The number of hydrogen-bond acceptors (Lipinski definition) is 2. The number of rotatable bonds is 2. The molecule has 0 amide bonds. The lowest BCUT2D eigenvalue weighted by Crippen LogP contribution is -1.91. The summed E-state index contributed by atoms with van der Waals surface area (Å²) in [4.78, 5) is 19.1. The predicted octanol–water partition coefficient (Wildman–Crippen LogP) is 1.19. The van der Waals surface area contributed by atoms with Gasteiger partial charge in [-0.2, -0.15) is 9.90 Å². The Morgan fingerprint density at radius 2 is 1.25 bits per heavy atom. The first-order valence-corrected chi connectivity index (χ1v) is 3.18. The number of carboxylic acids is 2. The SMILES string of the molecule is CCC.O=C(O)/C=C/C(=O)O.P. The standard InChI is InChI=1S/C4H4O4.C3H8.H3P/c5-3(6)1-2-4(7)8;1-3-2;/h1-2H,(H,5,6)(H,7,8);3H2,1-2H3;1H3/b2-1+;;. The minimum Gasteiger partial charge on any atom is -0.478 e. The van der Waals surface area contributed by atoms with Gasteiger partial charge in [0.1, 0.15) is 0 Å². The van der Waals surface area contributed by atoms with Crippen molar-refractivity contribution in [2.75, 3.05) is 0 Å². The fourth-order valence-electron chi connectivity index (χ4n) is 0.143. The minimum atomic E-state index is -1.26. The van der Waals surface area contributed by atoms with Gasteiger partial charge in [0.2, 0.25) is 0 Å². The van der Waals surface area contributed by atoms with Gasteiger partial charge in [0.05, 0.1) is 0 Å². The Balaban J connectivity index is -0.000000177. The molecular weight excluding hydrogens is 179 g/mol. The lowest BCUT2D eigenvalue weighted by molar-refractivity contribution is -0.134. The van der Waals surface area contributed by atoms with Crippen molar-refractivity contribution in [1.29, 1.82) is 0 Å². The summed E-state index contributed by atoms with van der Waals surface area (Å²) < 4.78 is 0. The van der Waals surface area contributed by atoms with E-state index >= 15 is 0 Å². The van der Waals surface area contributed by atoms with Crippen LogP contribution in [-0.2, 0) is 9.59 Å². The van der Waals surface area contributed by atoms with Crippen molar-refractivity contribution in [3.8, 4) is 0 Å². The predicted molar refractivity (Wildman–Crippen MR) is 51.5 cm³/mol. The molecule has 0 fully saturated rings. The number of hydrogen-bond donors (Lipinski definition) is 2. The zero-order valence-electron chi connectivity index (χ0n) is 7.28. The summed E-state index contributed by atoms with van der Waals surface area (Å²) in [7, 11) is 0. The Labute approximate surface area is 74.9 Å². The Morgan fingerprint density at radius 1 is 1.08 bits per heavy atom. The normalized spacial score (nSPS) is 7.83. The van der Waals surface area contributed by atoms with Crippen molar-refractivity contribution in [2.45, 2.75) is 20.3 Å². The van der Waals surface area contributed by atoms with Crippen LogP contribution in [0.15, 0.2) is 12.2 Å². The Bertz CT molecular complexity index is 137. The van der Waals surface area contributed by atoms with Crippen LogP contribution in [0.25, 0.3) is 0 Å². The maximum Gasteiger partial charge on any atom is 0.328 e. The van der Waals surface area contributed by atoms with E-state index in [2.05, 4.69) is 13.8 Å². The first-order chi connectivity index (χ1) is 5.04. The minimum absolute atomic E-state index is 0. The van der Waals surface area contributed by atoms with Gasteiger partial charge >= 0.3 is 11.9 Å². The Morgan fingerprint density at radius 3 is 1.33 bits per heavy atom. The molecule has 12 heavy (non-hydrogen) atoms. The second-order valence-corrected chi connectivity index (χ2v) is 1.72. The summed E-state index contributed by atoms with van der Waals surface area (Å²) in [6.45, 7) is 4.25. The van der Waals surface area contributed by atoms with Gasteiger partial charge in [0.25, 0.3) is 0 Å². The summed E-state index contributed by atoms with van der Waals surface area (Å²) in [5, 5.41) is 15.6. The Hall–Kier alpha value is -0.890. The number of carboxylic acid groups (broad SMARTS) is 2. The first-order valence-electron chi connectivity index (χ1n) is 3.18. The molecule has 0 saturated carbocycles. The van der Waals surface area contributed by atoms with E-state index in [1.807, 2.05) is 0 Å². The van der Waals surface area contributed by atoms with Gasteiger partial charge in [-0.25, -0.2) is 9.59 Å². The average molecular weight is 194 g/mol. The molecular formula is C7H15O4P. The third kappa shape index (κ3) is 35.5. The molecule has 0 aliphatic carbocycles. The molecule has 0 aliphatic heterocycles. The third-order valence-corrected chi connectivity index (χ3v) is 0.368. The third-order valence-electron chi connectivity index (χ3n) is 0.368. The zero-order valence-corrected chi connectivity index (χ0v) is 8.69. The summed E-state index contributed by atoms with van der Waals surface area (Å²) in [5.41, 5.74) is 0. The monoisotopic (exact) mass is 194 g/mol. The van der Waals surface area contributed by atoms with E-state index in [0.29, 0.717) is 12.2 Å². The molecule has 0 aromatic heterocycles. The van der Waals surface area contributed by atoms with E-state index in [0.717, 1.165) is 0 Å². The van der Waals surface area contributed by atoms with Crippen LogP contribution in [0.2, 0.25) is 0 Å². The lowest BCUT2D eigenvalue weighted by Gasteiger charge is -1.74.